The molecule has 0 saturated heterocycles. The maximum Gasteiger partial charge on any atom is 0.338 e. The molecule has 0 fully saturated rings. The highest BCUT2D eigenvalue weighted by Gasteiger charge is 2.23. The smallest absolute Gasteiger partial charge is 0.338 e. The molecule has 2 aromatic rings. The van der Waals surface area contributed by atoms with Gasteiger partial charge in [0.2, 0.25) is 0 Å². The van der Waals surface area contributed by atoms with Crippen LogP contribution in [0.15, 0.2) is 41.3 Å². The fraction of sp³-hybridized carbons (Fsp3) is 0.300. The van der Waals surface area contributed by atoms with E-state index in [1.807, 2.05) is 0 Å². The largest absolute Gasteiger partial charge is 0.463 e. The molecule has 0 amide bonds. The van der Waals surface area contributed by atoms with E-state index in [1.165, 1.54) is 31.2 Å². The number of ether oxygens (including phenoxy) is 2. The normalized spacial score (nSPS) is 12.2. The van der Waals surface area contributed by atoms with E-state index in [0.29, 0.717) is 5.56 Å². The van der Waals surface area contributed by atoms with Gasteiger partial charge in [0, 0.05) is 18.4 Å². The number of anilines is 1. The number of carbonyl (C=O) groups excluding carboxylic acids is 2. The van der Waals surface area contributed by atoms with Gasteiger partial charge >= 0.3 is 11.9 Å². The first-order valence-electron chi connectivity index (χ1n) is 8.98. The lowest BCUT2D eigenvalue weighted by Gasteiger charge is -2.16. The average molecular weight is 458 g/mol. The first-order chi connectivity index (χ1) is 14.0. The minimum Gasteiger partial charge on any atom is -0.463 e. The summed E-state index contributed by atoms with van der Waals surface area (Å²) < 4.78 is 52.3. The molecule has 0 heterocycles. The SMILES string of the molecule is CCOC(=O)c1ccc(NS(=O)(=O)c2cc(Cl)ccc2CC(C)OC(C)=O)c(F)c1. The van der Waals surface area contributed by atoms with E-state index in [4.69, 9.17) is 21.1 Å². The van der Waals surface area contributed by atoms with E-state index in [0.717, 1.165) is 12.1 Å². The minimum atomic E-state index is -4.24. The highest BCUT2D eigenvalue weighted by Crippen LogP contribution is 2.26. The molecule has 0 aromatic heterocycles. The van der Waals surface area contributed by atoms with Gasteiger partial charge in [-0.05, 0) is 49.7 Å². The Balaban J connectivity index is 2.34. The Morgan fingerprint density at radius 2 is 1.90 bits per heavy atom. The van der Waals surface area contributed by atoms with E-state index in [-0.39, 0.29) is 34.2 Å². The van der Waals surface area contributed by atoms with Crippen molar-refractivity contribution < 1.29 is 31.9 Å². The van der Waals surface area contributed by atoms with Gasteiger partial charge in [0.05, 0.1) is 22.8 Å². The summed E-state index contributed by atoms with van der Waals surface area (Å²) in [5.74, 6) is -2.16. The van der Waals surface area contributed by atoms with Crippen molar-refractivity contribution >= 4 is 39.3 Å². The number of benzene rings is 2. The van der Waals surface area contributed by atoms with Crippen molar-refractivity contribution in [2.24, 2.45) is 0 Å². The first kappa shape index (κ1) is 23.6. The van der Waals surface area contributed by atoms with Crippen LogP contribution in [0.3, 0.4) is 0 Å². The quantitative estimate of drug-likeness (QED) is 0.602. The van der Waals surface area contributed by atoms with Crippen LogP contribution in [0.1, 0.15) is 36.7 Å². The summed E-state index contributed by atoms with van der Waals surface area (Å²) in [6.07, 6.45) is -0.477. The molecule has 1 N–H and O–H groups in total. The third kappa shape index (κ3) is 6.17. The minimum absolute atomic E-state index is 0.0454. The predicted molar refractivity (Wildman–Crippen MR) is 110 cm³/mol. The number of hydrogen-bond donors (Lipinski definition) is 1. The van der Waals surface area contributed by atoms with Crippen LogP contribution in [0.4, 0.5) is 10.1 Å². The summed E-state index contributed by atoms with van der Waals surface area (Å²) in [5, 5.41) is 0.164. The third-order valence-electron chi connectivity index (χ3n) is 3.92. The Labute approximate surface area is 179 Å². The molecule has 0 aliphatic rings. The molecule has 1 unspecified atom stereocenters. The zero-order chi connectivity index (χ0) is 22.5. The van der Waals surface area contributed by atoms with Crippen molar-refractivity contribution in [1.29, 1.82) is 0 Å². The van der Waals surface area contributed by atoms with Crippen LogP contribution in [0.25, 0.3) is 0 Å². The summed E-state index contributed by atoms with van der Waals surface area (Å²) in [6.45, 7) is 4.60. The second-order valence-electron chi connectivity index (χ2n) is 6.40. The van der Waals surface area contributed by atoms with Crippen LogP contribution in [0.5, 0.6) is 0 Å². The lowest BCUT2D eigenvalue weighted by atomic mass is 10.1. The van der Waals surface area contributed by atoms with Crippen molar-refractivity contribution in [2.45, 2.75) is 38.2 Å². The molecule has 0 saturated carbocycles. The van der Waals surface area contributed by atoms with E-state index in [2.05, 4.69) is 4.72 Å². The topological polar surface area (TPSA) is 98.8 Å². The standard InChI is InChI=1S/C20H21ClFNO6S/c1-4-28-20(25)15-6-8-18(17(22)10-15)23-30(26,27)19-11-16(21)7-5-14(19)9-12(2)29-13(3)24/h5-8,10-12,23H,4,9H2,1-3H3. The number of rotatable bonds is 8. The zero-order valence-electron chi connectivity index (χ0n) is 16.6. The second kappa shape index (κ2) is 9.90. The fourth-order valence-electron chi connectivity index (χ4n) is 2.72. The number of esters is 2. The van der Waals surface area contributed by atoms with E-state index >= 15 is 0 Å². The molecule has 0 aliphatic heterocycles. The average Bonchev–Trinajstić information content (AvgIpc) is 2.64. The molecular formula is C20H21ClFNO6S. The van der Waals surface area contributed by atoms with E-state index in [1.54, 1.807) is 13.8 Å². The Morgan fingerprint density at radius 1 is 1.20 bits per heavy atom. The number of halogens is 2. The molecule has 0 bridgehead atoms. The molecule has 162 valence electrons. The summed E-state index contributed by atoms with van der Waals surface area (Å²) in [7, 11) is -4.24. The Bertz CT molecular complexity index is 1060. The highest BCUT2D eigenvalue weighted by molar-refractivity contribution is 7.92. The van der Waals surface area contributed by atoms with Crippen molar-refractivity contribution in [3.63, 3.8) is 0 Å². The zero-order valence-corrected chi connectivity index (χ0v) is 18.1. The lowest BCUT2D eigenvalue weighted by Crippen LogP contribution is -2.20. The van der Waals surface area contributed by atoms with Gasteiger partial charge in [-0.3, -0.25) is 9.52 Å². The molecule has 0 aliphatic carbocycles. The van der Waals surface area contributed by atoms with E-state index in [9.17, 15) is 22.4 Å². The van der Waals surface area contributed by atoms with Crippen LogP contribution in [-0.4, -0.2) is 33.1 Å². The Hall–Kier alpha value is -2.65. The Morgan fingerprint density at radius 3 is 2.50 bits per heavy atom. The van der Waals surface area contributed by atoms with Crippen molar-refractivity contribution in [1.82, 2.24) is 0 Å². The van der Waals surface area contributed by atoms with Crippen molar-refractivity contribution in [3.05, 3.63) is 58.4 Å². The maximum absolute atomic E-state index is 14.4. The van der Waals surface area contributed by atoms with Gasteiger partial charge in [-0.2, -0.15) is 0 Å². The molecular weight excluding hydrogens is 437 g/mol. The third-order valence-corrected chi connectivity index (χ3v) is 5.60. The van der Waals surface area contributed by atoms with Gasteiger partial charge in [-0.25, -0.2) is 17.6 Å². The van der Waals surface area contributed by atoms with Gasteiger partial charge in [0.25, 0.3) is 10.0 Å². The van der Waals surface area contributed by atoms with Gasteiger partial charge in [0.15, 0.2) is 0 Å². The summed E-state index contributed by atoms with van der Waals surface area (Å²) in [4.78, 5) is 22.6. The molecule has 10 heteroatoms. The molecule has 7 nitrogen and oxygen atoms in total. The summed E-state index contributed by atoms with van der Waals surface area (Å²) in [5.41, 5.74) is -0.0536. The molecule has 1 atom stereocenters. The molecule has 2 aromatic carbocycles. The van der Waals surface area contributed by atoms with Gasteiger partial charge < -0.3 is 9.47 Å². The van der Waals surface area contributed by atoms with Crippen molar-refractivity contribution in [3.8, 4) is 0 Å². The molecule has 0 radical (unpaired) electrons. The van der Waals surface area contributed by atoms with Gasteiger partial charge in [-0.15, -0.1) is 0 Å². The lowest BCUT2D eigenvalue weighted by molar-refractivity contribution is -0.145. The number of carbonyl (C=O) groups is 2. The van der Waals surface area contributed by atoms with E-state index < -0.39 is 33.9 Å². The molecule has 0 spiro atoms. The summed E-state index contributed by atoms with van der Waals surface area (Å²) in [6, 6.07) is 7.50. The molecule has 30 heavy (non-hydrogen) atoms. The number of hydrogen-bond acceptors (Lipinski definition) is 6. The van der Waals surface area contributed by atoms with Crippen molar-refractivity contribution in [2.75, 3.05) is 11.3 Å². The monoisotopic (exact) mass is 457 g/mol. The van der Waals surface area contributed by atoms with Crippen LogP contribution < -0.4 is 4.72 Å². The van der Waals surface area contributed by atoms with Crippen LogP contribution in [-0.2, 0) is 30.7 Å². The van der Waals surface area contributed by atoms with Crippen LogP contribution in [0.2, 0.25) is 5.02 Å². The fourth-order valence-corrected chi connectivity index (χ4v) is 4.30. The predicted octanol–water partition coefficient (Wildman–Crippen LogP) is 3.95. The summed E-state index contributed by atoms with van der Waals surface area (Å²) >= 11 is 5.96. The van der Waals surface area contributed by atoms with Crippen LogP contribution in [0, 0.1) is 5.82 Å². The van der Waals surface area contributed by atoms with Gasteiger partial charge in [0.1, 0.15) is 11.9 Å². The Kier molecular flexibility index (Phi) is 7.80. The van der Waals surface area contributed by atoms with Gasteiger partial charge in [-0.1, -0.05) is 17.7 Å². The highest BCUT2D eigenvalue weighted by atomic mass is 35.5. The molecule has 2 rings (SSSR count). The van der Waals surface area contributed by atoms with Crippen LogP contribution >= 0.6 is 11.6 Å². The number of nitrogens with one attached hydrogen (secondary N) is 1. The first-order valence-corrected chi connectivity index (χ1v) is 10.8. The second-order valence-corrected chi connectivity index (χ2v) is 8.48. The number of sulfonamides is 1. The maximum atomic E-state index is 14.4.